The highest BCUT2D eigenvalue weighted by atomic mass is 32.2. The quantitative estimate of drug-likeness (QED) is 0.123. The Morgan fingerprint density at radius 1 is 0.710 bits per heavy atom. The molecule has 0 fully saturated rings. The highest BCUT2D eigenvalue weighted by molar-refractivity contribution is 8.24. The van der Waals surface area contributed by atoms with Gasteiger partial charge in [-0.2, -0.15) is 0 Å². The molecular weight excluding hydrogens is 418 g/mol. The van der Waals surface area contributed by atoms with Crippen molar-refractivity contribution >= 4 is 34.1 Å². The Balaban J connectivity index is 3.74. The first-order valence-electron chi connectivity index (χ1n) is 13.5. The highest BCUT2D eigenvalue weighted by Crippen LogP contribution is 2.33. The Morgan fingerprint density at radius 3 is 1.45 bits per heavy atom. The average molecular weight is 472 g/mol. The van der Waals surface area contributed by atoms with Crippen molar-refractivity contribution in [2.24, 2.45) is 0 Å². The lowest BCUT2D eigenvalue weighted by atomic mass is 9.97. The normalized spacial score (nSPS) is 13.2. The number of Topliss-reactive ketones (excluding diaryl/α,β-unsaturated/α-hetero) is 1. The maximum Gasteiger partial charge on any atom is 0.149 e. The molecule has 1 unspecified atom stereocenters. The zero-order valence-electron chi connectivity index (χ0n) is 21.6. The second-order valence-corrected chi connectivity index (χ2v) is 11.4. The summed E-state index contributed by atoms with van der Waals surface area (Å²) in [5, 5.41) is 0. The minimum absolute atomic E-state index is 0.365. The zero-order valence-corrected chi connectivity index (χ0v) is 23.2. The maximum absolute atomic E-state index is 12.9. The number of hydrogen-bond donors (Lipinski definition) is 0. The van der Waals surface area contributed by atoms with E-state index < -0.39 is 0 Å². The smallest absolute Gasteiger partial charge is 0.149 e. The van der Waals surface area contributed by atoms with Crippen molar-refractivity contribution in [2.75, 3.05) is 13.1 Å². The van der Waals surface area contributed by atoms with Crippen LogP contribution in [0.2, 0.25) is 0 Å². The van der Waals surface area contributed by atoms with E-state index in [4.69, 9.17) is 12.2 Å². The van der Waals surface area contributed by atoms with Crippen molar-refractivity contribution in [3.05, 3.63) is 0 Å². The molecule has 0 aliphatic rings. The molecule has 0 saturated carbocycles. The van der Waals surface area contributed by atoms with E-state index in [1.807, 2.05) is 0 Å². The van der Waals surface area contributed by atoms with Crippen LogP contribution in [0.5, 0.6) is 0 Å². The molecule has 0 radical (unpaired) electrons. The summed E-state index contributed by atoms with van der Waals surface area (Å²) in [4.78, 5) is 15.0. The summed E-state index contributed by atoms with van der Waals surface area (Å²) in [5.41, 5.74) is 0. The van der Waals surface area contributed by atoms with Gasteiger partial charge in [0.1, 0.15) is 10.1 Å². The van der Waals surface area contributed by atoms with Crippen molar-refractivity contribution in [1.29, 1.82) is 0 Å². The first-order valence-corrected chi connectivity index (χ1v) is 14.7. The molecule has 0 N–H and O–H groups in total. The van der Waals surface area contributed by atoms with Gasteiger partial charge in [-0.1, -0.05) is 128 Å². The number of carbonyl (C=O) groups excluding carboxylic acids is 1. The molecule has 0 spiro atoms. The second kappa shape index (κ2) is 20.5. The predicted octanol–water partition coefficient (Wildman–Crippen LogP) is 9.35. The first kappa shape index (κ1) is 30.9. The van der Waals surface area contributed by atoms with Crippen LogP contribution in [0.4, 0.5) is 0 Å². The Labute approximate surface area is 205 Å². The van der Waals surface area contributed by atoms with Crippen molar-refractivity contribution in [3.8, 4) is 0 Å². The fraction of sp³-hybridized carbons (Fsp3) is 0.926. The van der Waals surface area contributed by atoms with Crippen molar-refractivity contribution in [1.82, 2.24) is 4.90 Å². The maximum atomic E-state index is 12.9. The number of hydrogen-bond acceptors (Lipinski definition) is 3. The third-order valence-electron chi connectivity index (χ3n) is 6.61. The second-order valence-electron chi connectivity index (χ2n) is 9.25. The van der Waals surface area contributed by atoms with Crippen LogP contribution in [0.15, 0.2) is 0 Å². The summed E-state index contributed by atoms with van der Waals surface area (Å²) in [6.45, 7) is 12.5. The van der Waals surface area contributed by atoms with Gasteiger partial charge in [0.25, 0.3) is 0 Å². The van der Waals surface area contributed by atoms with Gasteiger partial charge in [0.2, 0.25) is 0 Å². The van der Waals surface area contributed by atoms with Gasteiger partial charge in [0, 0.05) is 19.5 Å². The number of thiocarbonyl (C=S) groups is 1. The molecule has 0 rings (SSSR count). The van der Waals surface area contributed by atoms with E-state index >= 15 is 0 Å². The number of thioether (sulfide) groups is 1. The number of carbonyl (C=O) groups is 1. The lowest BCUT2D eigenvalue weighted by Crippen LogP contribution is -2.36. The summed E-state index contributed by atoms with van der Waals surface area (Å²) >= 11 is 7.20. The van der Waals surface area contributed by atoms with Gasteiger partial charge >= 0.3 is 0 Å². The lowest BCUT2D eigenvalue weighted by Gasteiger charge is -2.30. The summed E-state index contributed by atoms with van der Waals surface area (Å²) in [6, 6.07) is 0. The van der Waals surface area contributed by atoms with Gasteiger partial charge in [-0.15, -0.1) is 0 Å². The van der Waals surface area contributed by atoms with Gasteiger partial charge in [-0.25, -0.2) is 0 Å². The van der Waals surface area contributed by atoms with Crippen molar-refractivity contribution in [3.63, 3.8) is 0 Å². The van der Waals surface area contributed by atoms with Crippen LogP contribution in [0.1, 0.15) is 144 Å². The number of ketones is 1. The molecule has 0 aromatic rings. The van der Waals surface area contributed by atoms with E-state index in [2.05, 4.69) is 39.5 Å². The molecule has 0 heterocycles. The Hall–Kier alpha value is -0.0900. The third kappa shape index (κ3) is 15.4. The number of unbranched alkanes of at least 4 members (excludes halogenated alkanes) is 14. The number of rotatable bonds is 21. The largest absolute Gasteiger partial charge is 0.358 e. The van der Waals surface area contributed by atoms with E-state index in [1.54, 1.807) is 11.8 Å². The minimum atomic E-state index is -0.365. The highest BCUT2D eigenvalue weighted by Gasteiger charge is 2.33. The minimum Gasteiger partial charge on any atom is -0.358 e. The van der Waals surface area contributed by atoms with E-state index in [-0.39, 0.29) is 4.75 Å². The monoisotopic (exact) mass is 471 g/mol. The van der Waals surface area contributed by atoms with Gasteiger partial charge in [-0.05, 0) is 33.6 Å². The summed E-state index contributed by atoms with van der Waals surface area (Å²) in [7, 11) is 0. The molecule has 4 heteroatoms. The van der Waals surface area contributed by atoms with E-state index in [0.29, 0.717) is 12.2 Å². The van der Waals surface area contributed by atoms with E-state index in [1.165, 1.54) is 89.9 Å². The molecule has 0 aromatic heterocycles. The fourth-order valence-electron chi connectivity index (χ4n) is 3.99. The van der Waals surface area contributed by atoms with Gasteiger partial charge in [-0.3, -0.25) is 4.79 Å². The summed E-state index contributed by atoms with van der Waals surface area (Å²) in [5.74, 6) is 0.379. The van der Waals surface area contributed by atoms with E-state index in [0.717, 1.165) is 30.3 Å². The molecule has 0 aliphatic heterocycles. The van der Waals surface area contributed by atoms with Crippen LogP contribution < -0.4 is 0 Å². The Bertz CT molecular complexity index is 451. The molecule has 0 bridgehead atoms. The van der Waals surface area contributed by atoms with E-state index in [9.17, 15) is 4.79 Å². The van der Waals surface area contributed by atoms with Crippen LogP contribution in [0.3, 0.4) is 0 Å². The van der Waals surface area contributed by atoms with Gasteiger partial charge < -0.3 is 4.90 Å². The van der Waals surface area contributed by atoms with Crippen molar-refractivity contribution in [2.45, 2.75) is 149 Å². The summed E-state index contributed by atoms with van der Waals surface area (Å²) < 4.78 is 0.509. The van der Waals surface area contributed by atoms with Crippen LogP contribution in [0, 0.1) is 0 Å². The molecule has 0 aliphatic carbocycles. The average Bonchev–Trinajstić information content (AvgIpc) is 2.76. The van der Waals surface area contributed by atoms with Crippen LogP contribution in [-0.2, 0) is 4.79 Å². The van der Waals surface area contributed by atoms with Crippen LogP contribution in [-0.4, -0.2) is 32.8 Å². The van der Waals surface area contributed by atoms with Crippen molar-refractivity contribution < 1.29 is 4.79 Å². The molecule has 2 nitrogen and oxygen atoms in total. The molecular formula is C27H53NOS2. The standard InChI is InChI=1S/C27H53NOS2/c1-6-10-11-12-13-14-15-16-17-18-19-20-21-22-23-24-25(29)27(5,7-2)31-26(30)28(8-3)9-4/h6-24H2,1-5H3. The molecule has 31 heavy (non-hydrogen) atoms. The topological polar surface area (TPSA) is 20.3 Å². The molecule has 0 saturated heterocycles. The molecule has 0 amide bonds. The zero-order chi connectivity index (χ0) is 23.4. The third-order valence-corrected chi connectivity index (χ3v) is 8.51. The molecule has 1 atom stereocenters. The van der Waals surface area contributed by atoms with Crippen LogP contribution >= 0.6 is 24.0 Å². The molecule has 184 valence electrons. The SMILES string of the molecule is CCCCCCCCCCCCCCCCCC(=O)C(C)(CC)SC(=S)N(CC)CC. The van der Waals surface area contributed by atoms with Crippen LogP contribution in [0.25, 0.3) is 0 Å². The Morgan fingerprint density at radius 2 is 1.10 bits per heavy atom. The summed E-state index contributed by atoms with van der Waals surface area (Å²) in [6.07, 6.45) is 21.9. The molecule has 0 aromatic carbocycles. The fourth-order valence-corrected chi connectivity index (χ4v) is 5.93. The number of nitrogens with zero attached hydrogens (tertiary/aromatic N) is 1. The van der Waals surface area contributed by atoms with Gasteiger partial charge in [0.15, 0.2) is 0 Å². The Kier molecular flexibility index (Phi) is 20.5. The first-order chi connectivity index (χ1) is 14.9. The lowest BCUT2D eigenvalue weighted by molar-refractivity contribution is -0.121. The predicted molar refractivity (Wildman–Crippen MR) is 146 cm³/mol. The van der Waals surface area contributed by atoms with Gasteiger partial charge in [0.05, 0.1) is 4.75 Å².